The maximum absolute atomic E-state index is 12.9. The highest BCUT2D eigenvalue weighted by atomic mass is 32.1. The molecule has 4 nitrogen and oxygen atoms in total. The lowest BCUT2D eigenvalue weighted by Gasteiger charge is -2.23. The average Bonchev–Trinajstić information content (AvgIpc) is 3.07. The summed E-state index contributed by atoms with van der Waals surface area (Å²) >= 11 is 1.72. The fraction of sp³-hybridized carbons (Fsp3) is 0.455. The van der Waals surface area contributed by atoms with Crippen molar-refractivity contribution in [3.05, 3.63) is 63.0 Å². The number of thiophene rings is 1. The molecule has 1 aromatic carbocycles. The van der Waals surface area contributed by atoms with E-state index in [0.717, 1.165) is 61.8 Å². The van der Waals surface area contributed by atoms with E-state index in [-0.39, 0.29) is 5.56 Å². The second-order valence-corrected chi connectivity index (χ2v) is 8.49. The molecule has 1 N–H and O–H groups in total. The molecule has 2 aromatic heterocycles. The van der Waals surface area contributed by atoms with E-state index in [4.69, 9.17) is 0 Å². The molecule has 142 valence electrons. The van der Waals surface area contributed by atoms with Gasteiger partial charge in [-0.3, -0.25) is 9.36 Å². The number of hydrogen-bond acceptors (Lipinski definition) is 4. The van der Waals surface area contributed by atoms with Gasteiger partial charge in [-0.2, -0.15) is 0 Å². The zero-order valence-electron chi connectivity index (χ0n) is 15.9. The van der Waals surface area contributed by atoms with Gasteiger partial charge in [-0.1, -0.05) is 43.7 Å². The Morgan fingerprint density at radius 1 is 1.30 bits per heavy atom. The Morgan fingerprint density at radius 3 is 2.96 bits per heavy atom. The van der Waals surface area contributed by atoms with Gasteiger partial charge in [-0.15, -0.1) is 11.3 Å². The number of unbranched alkanes of at least 4 members (excludes halogenated alkanes) is 1. The van der Waals surface area contributed by atoms with Gasteiger partial charge in [0.2, 0.25) is 0 Å². The first kappa shape index (κ1) is 18.4. The molecule has 0 radical (unpaired) electrons. The summed E-state index contributed by atoms with van der Waals surface area (Å²) in [5.74, 6) is 0. The lowest BCUT2D eigenvalue weighted by atomic mass is 9.93. The van der Waals surface area contributed by atoms with Gasteiger partial charge < -0.3 is 5.32 Å². The van der Waals surface area contributed by atoms with Gasteiger partial charge in [0.1, 0.15) is 4.83 Å². The Balaban J connectivity index is 1.46. The number of aromatic nitrogens is 2. The van der Waals surface area contributed by atoms with Crippen molar-refractivity contribution in [2.24, 2.45) is 0 Å². The number of hydrogen-bond donors (Lipinski definition) is 1. The van der Waals surface area contributed by atoms with E-state index in [1.54, 1.807) is 22.2 Å². The van der Waals surface area contributed by atoms with Crippen molar-refractivity contribution in [3.8, 4) is 0 Å². The van der Waals surface area contributed by atoms with Crippen LogP contribution >= 0.6 is 11.3 Å². The summed E-state index contributed by atoms with van der Waals surface area (Å²) in [5, 5.41) is 4.60. The maximum atomic E-state index is 12.9. The fourth-order valence-electron chi connectivity index (χ4n) is 3.93. The number of benzene rings is 1. The van der Waals surface area contributed by atoms with Crippen LogP contribution in [0.15, 0.2) is 41.5 Å². The minimum atomic E-state index is 0.154. The smallest absolute Gasteiger partial charge is 0.262 e. The number of nitrogens with one attached hydrogen (secondary N) is 1. The molecule has 0 amide bonds. The number of fused-ring (bicyclic) bond motifs is 3. The van der Waals surface area contributed by atoms with Crippen LogP contribution in [-0.2, 0) is 25.8 Å². The normalized spacial score (nSPS) is 16.6. The Kier molecular flexibility index (Phi) is 5.69. The minimum Gasteiger partial charge on any atom is -0.313 e. The molecule has 27 heavy (non-hydrogen) atoms. The third-order valence-corrected chi connectivity index (χ3v) is 6.64. The van der Waals surface area contributed by atoms with Crippen molar-refractivity contribution < 1.29 is 0 Å². The SMILES string of the molecule is CCCCn1cnc2sc3c(c2c1=O)CCC(NCCc1ccccc1)C3. The highest BCUT2D eigenvalue weighted by molar-refractivity contribution is 7.18. The highest BCUT2D eigenvalue weighted by Crippen LogP contribution is 2.33. The average molecular weight is 382 g/mol. The van der Waals surface area contributed by atoms with E-state index < -0.39 is 0 Å². The van der Waals surface area contributed by atoms with Crippen LogP contribution in [-0.4, -0.2) is 22.1 Å². The van der Waals surface area contributed by atoms with Gasteiger partial charge >= 0.3 is 0 Å². The third-order valence-electron chi connectivity index (χ3n) is 5.48. The second-order valence-electron chi connectivity index (χ2n) is 7.41. The van der Waals surface area contributed by atoms with Crippen LogP contribution in [0.2, 0.25) is 0 Å². The topological polar surface area (TPSA) is 46.9 Å². The molecular weight excluding hydrogens is 354 g/mol. The number of nitrogens with zero attached hydrogens (tertiary/aromatic N) is 2. The minimum absolute atomic E-state index is 0.154. The lowest BCUT2D eigenvalue weighted by molar-refractivity contribution is 0.466. The zero-order valence-corrected chi connectivity index (χ0v) is 16.7. The molecule has 3 aromatic rings. The van der Waals surface area contributed by atoms with Gasteiger partial charge in [-0.25, -0.2) is 4.98 Å². The van der Waals surface area contributed by atoms with Crippen LogP contribution in [0, 0.1) is 0 Å². The largest absolute Gasteiger partial charge is 0.313 e. The standard InChI is InChI=1S/C22H27N3OS/c1-2-3-13-25-15-24-21-20(22(25)26)18-10-9-17(14-19(18)27-21)23-12-11-16-7-5-4-6-8-16/h4-8,15,17,23H,2-3,9-14H2,1H3. The molecule has 0 bridgehead atoms. The third kappa shape index (κ3) is 3.99. The predicted octanol–water partition coefficient (Wildman–Crippen LogP) is 3.95. The summed E-state index contributed by atoms with van der Waals surface area (Å²) in [6.07, 6.45) is 7.98. The van der Waals surface area contributed by atoms with E-state index in [1.165, 1.54) is 16.0 Å². The summed E-state index contributed by atoms with van der Waals surface area (Å²) in [6.45, 7) is 3.91. The molecule has 0 saturated carbocycles. The molecule has 0 saturated heterocycles. The molecule has 1 aliphatic carbocycles. The summed E-state index contributed by atoms with van der Waals surface area (Å²) in [7, 11) is 0. The Labute approximate surface area is 164 Å². The number of rotatable bonds is 7. The molecule has 0 fully saturated rings. The van der Waals surface area contributed by atoms with Gasteiger partial charge in [0.25, 0.3) is 5.56 Å². The van der Waals surface area contributed by atoms with Crippen LogP contribution in [0.1, 0.15) is 42.2 Å². The monoisotopic (exact) mass is 381 g/mol. The van der Waals surface area contributed by atoms with E-state index in [9.17, 15) is 4.79 Å². The van der Waals surface area contributed by atoms with Crippen LogP contribution in [0.25, 0.3) is 10.2 Å². The van der Waals surface area contributed by atoms with Crippen molar-refractivity contribution in [2.75, 3.05) is 6.54 Å². The fourth-order valence-corrected chi connectivity index (χ4v) is 5.19. The van der Waals surface area contributed by atoms with Crippen molar-refractivity contribution in [3.63, 3.8) is 0 Å². The van der Waals surface area contributed by atoms with Crippen LogP contribution in [0.4, 0.5) is 0 Å². The Hall–Kier alpha value is -1.98. The first-order valence-corrected chi connectivity index (χ1v) is 10.8. The highest BCUT2D eigenvalue weighted by Gasteiger charge is 2.24. The lowest BCUT2D eigenvalue weighted by Crippen LogP contribution is -2.35. The molecule has 4 rings (SSSR count). The summed E-state index contributed by atoms with van der Waals surface area (Å²) in [5.41, 5.74) is 2.79. The van der Waals surface area contributed by atoms with Crippen molar-refractivity contribution >= 4 is 21.6 Å². The van der Waals surface area contributed by atoms with Crippen LogP contribution in [0.5, 0.6) is 0 Å². The van der Waals surface area contributed by atoms with Crippen molar-refractivity contribution in [1.82, 2.24) is 14.9 Å². The quantitative estimate of drug-likeness (QED) is 0.674. The molecule has 0 spiro atoms. The first-order valence-electron chi connectivity index (χ1n) is 10.0. The Morgan fingerprint density at radius 2 is 2.15 bits per heavy atom. The predicted molar refractivity (Wildman–Crippen MR) is 113 cm³/mol. The molecule has 5 heteroatoms. The van der Waals surface area contributed by atoms with E-state index in [0.29, 0.717) is 6.04 Å². The van der Waals surface area contributed by atoms with Crippen LogP contribution in [0.3, 0.4) is 0 Å². The maximum Gasteiger partial charge on any atom is 0.262 e. The summed E-state index contributed by atoms with van der Waals surface area (Å²) < 4.78 is 1.79. The molecule has 1 atom stereocenters. The molecule has 1 aliphatic rings. The molecule has 0 aliphatic heterocycles. The van der Waals surface area contributed by atoms with Gasteiger partial charge in [0.15, 0.2) is 0 Å². The van der Waals surface area contributed by atoms with Gasteiger partial charge in [0.05, 0.1) is 11.7 Å². The van der Waals surface area contributed by atoms with E-state index in [1.807, 2.05) is 0 Å². The molecule has 1 unspecified atom stereocenters. The van der Waals surface area contributed by atoms with Gasteiger partial charge in [0, 0.05) is 17.5 Å². The first-order chi connectivity index (χ1) is 13.3. The second kappa shape index (κ2) is 8.36. The number of aryl methyl sites for hydroxylation is 2. The van der Waals surface area contributed by atoms with Crippen LogP contribution < -0.4 is 10.9 Å². The Bertz CT molecular complexity index is 961. The van der Waals surface area contributed by atoms with Crippen molar-refractivity contribution in [1.29, 1.82) is 0 Å². The van der Waals surface area contributed by atoms with Crippen molar-refractivity contribution in [2.45, 2.75) is 58.0 Å². The molecule has 2 heterocycles. The van der Waals surface area contributed by atoms with E-state index in [2.05, 4.69) is 47.6 Å². The summed E-state index contributed by atoms with van der Waals surface area (Å²) in [6, 6.07) is 11.1. The summed E-state index contributed by atoms with van der Waals surface area (Å²) in [4.78, 5) is 19.8. The van der Waals surface area contributed by atoms with Gasteiger partial charge in [-0.05, 0) is 49.8 Å². The zero-order chi connectivity index (χ0) is 18.6. The van der Waals surface area contributed by atoms with E-state index >= 15 is 0 Å². The molecular formula is C22H27N3OS.